The molecule has 2 N–H and O–H groups in total. The van der Waals surface area contributed by atoms with E-state index in [1.807, 2.05) is 13.0 Å². The first-order valence-electron chi connectivity index (χ1n) is 7.13. The Bertz CT molecular complexity index is 718. The molecule has 0 atom stereocenters. The van der Waals surface area contributed by atoms with E-state index in [2.05, 4.69) is 25.9 Å². The number of carbonyl (C=O) groups is 1. The van der Waals surface area contributed by atoms with Gasteiger partial charge in [0.25, 0.3) is 0 Å². The Hall–Kier alpha value is -3.21. The highest BCUT2D eigenvalue weighted by Gasteiger charge is 2.12. The van der Waals surface area contributed by atoms with Gasteiger partial charge in [0.1, 0.15) is 11.6 Å². The van der Waals surface area contributed by atoms with Crippen molar-refractivity contribution in [1.82, 2.24) is 20.6 Å². The molecule has 0 amide bonds. The fraction of sp³-hybridized carbons (Fsp3) is 0.267. The number of hydrogen-bond acceptors (Lipinski definition) is 7. The number of allylic oxidation sites excluding steroid dienone is 1. The van der Waals surface area contributed by atoms with E-state index in [-0.39, 0.29) is 11.4 Å². The lowest BCUT2D eigenvalue weighted by atomic mass is 10.1. The maximum Gasteiger partial charge on any atom is 0.340 e. The van der Waals surface area contributed by atoms with Crippen LogP contribution in [0.1, 0.15) is 35.9 Å². The highest BCUT2D eigenvalue weighted by atomic mass is 16.5. The van der Waals surface area contributed by atoms with Gasteiger partial charge in [0.05, 0.1) is 17.9 Å². The van der Waals surface area contributed by atoms with Crippen LogP contribution in [0.4, 0.5) is 5.69 Å². The van der Waals surface area contributed by atoms with E-state index in [4.69, 9.17) is 10.00 Å². The number of carbonyl (C=O) groups excluding carboxylic acids is 1. The maximum atomic E-state index is 12.1. The summed E-state index contributed by atoms with van der Waals surface area (Å²) in [5.74, 6) is -0.240. The molecule has 2 aromatic rings. The van der Waals surface area contributed by atoms with E-state index in [9.17, 15) is 4.79 Å². The van der Waals surface area contributed by atoms with E-state index in [0.717, 1.165) is 12.8 Å². The second-order valence-electron chi connectivity index (χ2n) is 4.58. The van der Waals surface area contributed by atoms with Crippen LogP contribution in [0.3, 0.4) is 0 Å². The van der Waals surface area contributed by atoms with Crippen LogP contribution in [0.5, 0.6) is 0 Å². The topological polar surface area (TPSA) is 117 Å². The Morgan fingerprint density at radius 2 is 2.30 bits per heavy atom. The van der Waals surface area contributed by atoms with Crippen molar-refractivity contribution >= 4 is 17.2 Å². The number of ether oxygens (including phenoxy) is 1. The second kappa shape index (κ2) is 8.29. The lowest BCUT2D eigenvalue weighted by Gasteiger charge is -2.09. The molecule has 0 radical (unpaired) electrons. The van der Waals surface area contributed by atoms with Crippen LogP contribution in [0, 0.1) is 11.3 Å². The van der Waals surface area contributed by atoms with Crippen LogP contribution in [0.25, 0.3) is 5.57 Å². The van der Waals surface area contributed by atoms with Crippen molar-refractivity contribution in [3.05, 3.63) is 41.9 Å². The molecule has 1 aromatic heterocycles. The molecule has 0 bridgehead atoms. The van der Waals surface area contributed by atoms with Gasteiger partial charge in [0.15, 0.2) is 0 Å². The minimum atomic E-state index is -0.409. The van der Waals surface area contributed by atoms with Gasteiger partial charge < -0.3 is 10.1 Å². The summed E-state index contributed by atoms with van der Waals surface area (Å²) in [6, 6.07) is 8.86. The fourth-order valence-corrected chi connectivity index (χ4v) is 1.75. The Kier molecular flexibility index (Phi) is 5.82. The molecule has 0 unspecified atom stereocenters. The molecule has 1 heterocycles. The summed E-state index contributed by atoms with van der Waals surface area (Å²) in [4.78, 5) is 12.1. The summed E-state index contributed by atoms with van der Waals surface area (Å²) < 4.78 is 5.21. The molecule has 1 aromatic carbocycles. The largest absolute Gasteiger partial charge is 0.462 e. The number of rotatable bonds is 7. The molecule has 0 aliphatic carbocycles. The number of hydrogen-bond donors (Lipinski definition) is 2. The zero-order valence-corrected chi connectivity index (χ0v) is 12.6. The number of aromatic nitrogens is 4. The molecule has 0 saturated heterocycles. The molecular formula is C15H16N6O2. The summed E-state index contributed by atoms with van der Waals surface area (Å²) >= 11 is 0. The van der Waals surface area contributed by atoms with E-state index in [1.165, 1.54) is 6.20 Å². The molecule has 118 valence electrons. The third-order valence-corrected chi connectivity index (χ3v) is 2.96. The summed E-state index contributed by atoms with van der Waals surface area (Å²) in [5, 5.41) is 25.2. The number of anilines is 1. The minimum absolute atomic E-state index is 0.169. The van der Waals surface area contributed by atoms with Crippen molar-refractivity contribution < 1.29 is 9.53 Å². The number of nitrogens with one attached hydrogen (secondary N) is 2. The number of nitrogens with zero attached hydrogens (tertiary/aromatic N) is 4. The van der Waals surface area contributed by atoms with Gasteiger partial charge in [-0.3, -0.25) is 0 Å². The standard InChI is InChI=1S/C15H16N6O2/c1-2-3-8-23-15(22)12-6-4-5-7-13(12)17-10-11(9-16)14-18-20-21-19-14/h4-7,10,17H,2-3,8H2,1H3,(H,18,19,20,21). The molecule has 8 nitrogen and oxygen atoms in total. The average Bonchev–Trinajstić information content (AvgIpc) is 3.10. The highest BCUT2D eigenvalue weighted by Crippen LogP contribution is 2.18. The Morgan fingerprint density at radius 1 is 1.48 bits per heavy atom. The number of unbranched alkanes of at least 4 members (excludes halogenated alkanes) is 1. The fourth-order valence-electron chi connectivity index (χ4n) is 1.75. The zero-order chi connectivity index (χ0) is 16.5. The predicted octanol–water partition coefficient (Wildman–Crippen LogP) is 2.13. The molecule has 2 rings (SSSR count). The Morgan fingerprint density at radius 3 is 3.00 bits per heavy atom. The van der Waals surface area contributed by atoms with Gasteiger partial charge in [-0.25, -0.2) is 4.79 Å². The van der Waals surface area contributed by atoms with Gasteiger partial charge in [-0.05, 0) is 23.8 Å². The summed E-state index contributed by atoms with van der Waals surface area (Å²) in [5.41, 5.74) is 1.11. The monoisotopic (exact) mass is 312 g/mol. The van der Waals surface area contributed by atoms with Crippen LogP contribution in [-0.4, -0.2) is 33.2 Å². The quantitative estimate of drug-likeness (QED) is 0.457. The molecule has 0 saturated carbocycles. The van der Waals surface area contributed by atoms with Gasteiger partial charge in [0, 0.05) is 6.20 Å². The number of nitriles is 1. The molecule has 8 heteroatoms. The van der Waals surface area contributed by atoms with E-state index < -0.39 is 5.97 Å². The summed E-state index contributed by atoms with van der Waals surface area (Å²) in [7, 11) is 0. The van der Waals surface area contributed by atoms with Crippen molar-refractivity contribution in [2.75, 3.05) is 11.9 Å². The smallest absolute Gasteiger partial charge is 0.340 e. The molecular weight excluding hydrogens is 296 g/mol. The van der Waals surface area contributed by atoms with E-state index in [0.29, 0.717) is 17.9 Å². The maximum absolute atomic E-state index is 12.1. The first-order chi connectivity index (χ1) is 11.3. The molecule has 0 spiro atoms. The molecule has 0 aliphatic rings. The molecule has 0 aliphatic heterocycles. The van der Waals surface area contributed by atoms with Crippen LogP contribution in [0.15, 0.2) is 30.5 Å². The van der Waals surface area contributed by atoms with Crippen molar-refractivity contribution in [3.8, 4) is 6.07 Å². The lowest BCUT2D eigenvalue weighted by molar-refractivity contribution is 0.0501. The third kappa shape index (κ3) is 4.38. The van der Waals surface area contributed by atoms with Gasteiger partial charge in [-0.15, -0.1) is 10.2 Å². The van der Waals surface area contributed by atoms with Crippen LogP contribution < -0.4 is 5.32 Å². The Labute approximate surface area is 133 Å². The second-order valence-corrected chi connectivity index (χ2v) is 4.58. The van der Waals surface area contributed by atoms with Crippen LogP contribution in [-0.2, 0) is 4.74 Å². The van der Waals surface area contributed by atoms with Crippen molar-refractivity contribution in [3.63, 3.8) is 0 Å². The SMILES string of the molecule is CCCCOC(=O)c1ccccc1NC=C(C#N)c1nn[nH]n1. The lowest BCUT2D eigenvalue weighted by Crippen LogP contribution is -2.09. The van der Waals surface area contributed by atoms with Crippen molar-refractivity contribution in [1.29, 1.82) is 5.26 Å². The predicted molar refractivity (Wildman–Crippen MR) is 83.0 cm³/mol. The Balaban J connectivity index is 2.14. The summed E-state index contributed by atoms with van der Waals surface area (Å²) in [6.07, 6.45) is 3.19. The molecule has 23 heavy (non-hydrogen) atoms. The number of tetrazole rings is 1. The van der Waals surface area contributed by atoms with Gasteiger partial charge in [-0.1, -0.05) is 25.5 Å². The third-order valence-electron chi connectivity index (χ3n) is 2.96. The zero-order valence-electron chi connectivity index (χ0n) is 12.6. The minimum Gasteiger partial charge on any atom is -0.462 e. The number of esters is 1. The van der Waals surface area contributed by atoms with Crippen molar-refractivity contribution in [2.45, 2.75) is 19.8 Å². The van der Waals surface area contributed by atoms with Crippen LogP contribution in [0.2, 0.25) is 0 Å². The first-order valence-corrected chi connectivity index (χ1v) is 7.13. The van der Waals surface area contributed by atoms with Crippen molar-refractivity contribution in [2.24, 2.45) is 0 Å². The number of para-hydroxylation sites is 1. The van der Waals surface area contributed by atoms with Gasteiger partial charge >= 0.3 is 5.97 Å². The average molecular weight is 312 g/mol. The molecule has 0 fully saturated rings. The van der Waals surface area contributed by atoms with E-state index in [1.54, 1.807) is 24.3 Å². The van der Waals surface area contributed by atoms with Crippen LogP contribution >= 0.6 is 0 Å². The number of aromatic amines is 1. The van der Waals surface area contributed by atoms with Gasteiger partial charge in [0.2, 0.25) is 5.82 Å². The number of benzene rings is 1. The summed E-state index contributed by atoms with van der Waals surface area (Å²) in [6.45, 7) is 2.40. The first kappa shape index (κ1) is 16.2. The highest BCUT2D eigenvalue weighted by molar-refractivity contribution is 5.96. The van der Waals surface area contributed by atoms with E-state index >= 15 is 0 Å². The normalized spacial score (nSPS) is 10.9. The van der Waals surface area contributed by atoms with Gasteiger partial charge in [-0.2, -0.15) is 10.5 Å². The number of H-pyrrole nitrogens is 1.